The lowest BCUT2D eigenvalue weighted by atomic mass is 10.1. The van der Waals surface area contributed by atoms with Crippen LogP contribution in [-0.2, 0) is 35.6 Å². The molecule has 214 valence electrons. The first kappa shape index (κ1) is 32.2. The SMILES string of the molecule is NC(N)=NOCCCOc1ccc(C[C@H](NS(=O)(=O)c2ccc(Cl)c(Cl)c2Cl)C(=O)OC(=O)C(F)(F)F)cc1. The van der Waals surface area contributed by atoms with Crippen LogP contribution in [0.3, 0.4) is 0 Å². The van der Waals surface area contributed by atoms with Gasteiger partial charge in [0.15, 0.2) is 0 Å². The van der Waals surface area contributed by atoms with Crippen molar-refractivity contribution in [3.63, 3.8) is 0 Å². The lowest BCUT2D eigenvalue weighted by molar-refractivity contribution is -0.202. The second-order valence-corrected chi connectivity index (χ2v) is 10.3. The Morgan fingerprint density at radius 1 is 1.00 bits per heavy atom. The van der Waals surface area contributed by atoms with E-state index in [1.165, 1.54) is 24.3 Å². The highest BCUT2D eigenvalue weighted by molar-refractivity contribution is 7.89. The van der Waals surface area contributed by atoms with Crippen molar-refractivity contribution in [1.82, 2.24) is 4.72 Å². The zero-order valence-corrected chi connectivity index (χ0v) is 22.6. The minimum atomic E-state index is -5.50. The number of halogens is 6. The lowest BCUT2D eigenvalue weighted by Crippen LogP contribution is -2.45. The van der Waals surface area contributed by atoms with E-state index in [1.54, 1.807) is 0 Å². The van der Waals surface area contributed by atoms with Gasteiger partial charge in [-0.3, -0.25) is 0 Å². The molecule has 2 aromatic carbocycles. The Balaban J connectivity index is 2.20. The molecule has 0 amide bonds. The molecule has 0 saturated carbocycles. The molecular formula is C21H20Cl3F3N4O7S. The molecule has 0 unspecified atom stereocenters. The van der Waals surface area contributed by atoms with E-state index in [1.807, 2.05) is 4.72 Å². The van der Waals surface area contributed by atoms with Crippen molar-refractivity contribution in [3.05, 3.63) is 57.0 Å². The largest absolute Gasteiger partial charge is 0.493 e. The zero-order chi connectivity index (χ0) is 29.4. The van der Waals surface area contributed by atoms with Gasteiger partial charge in [-0.15, -0.1) is 0 Å². The van der Waals surface area contributed by atoms with Gasteiger partial charge < -0.3 is 25.8 Å². The average molecular weight is 636 g/mol. The Bertz CT molecular complexity index is 1320. The van der Waals surface area contributed by atoms with E-state index in [9.17, 15) is 31.2 Å². The second kappa shape index (κ2) is 13.9. The number of hydrogen-bond acceptors (Lipinski definition) is 8. The van der Waals surface area contributed by atoms with Crippen LogP contribution in [-0.4, -0.2) is 51.7 Å². The molecule has 0 aliphatic rings. The van der Waals surface area contributed by atoms with Crippen LogP contribution < -0.4 is 20.9 Å². The van der Waals surface area contributed by atoms with Gasteiger partial charge >= 0.3 is 18.1 Å². The van der Waals surface area contributed by atoms with Crippen LogP contribution in [0.25, 0.3) is 0 Å². The molecule has 1 atom stereocenters. The third-order valence-electron chi connectivity index (χ3n) is 4.48. The maximum Gasteiger partial charge on any atom is 0.491 e. The number of nitrogens with zero attached hydrogens (tertiary/aromatic N) is 1. The van der Waals surface area contributed by atoms with Crippen molar-refractivity contribution in [1.29, 1.82) is 0 Å². The van der Waals surface area contributed by atoms with E-state index in [-0.39, 0.29) is 34.8 Å². The predicted molar refractivity (Wildman–Crippen MR) is 135 cm³/mol. The number of carbonyl (C=O) groups is 2. The molecule has 0 spiro atoms. The highest BCUT2D eigenvalue weighted by atomic mass is 35.5. The molecular weight excluding hydrogens is 616 g/mol. The molecule has 0 aliphatic carbocycles. The summed E-state index contributed by atoms with van der Waals surface area (Å²) < 4.78 is 75.0. The molecule has 2 aromatic rings. The Morgan fingerprint density at radius 3 is 2.23 bits per heavy atom. The van der Waals surface area contributed by atoms with Crippen molar-refractivity contribution in [2.75, 3.05) is 13.2 Å². The molecule has 11 nitrogen and oxygen atoms in total. The molecule has 0 bridgehead atoms. The minimum Gasteiger partial charge on any atom is -0.493 e. The van der Waals surface area contributed by atoms with E-state index in [2.05, 4.69) is 9.89 Å². The fraction of sp³-hybridized carbons (Fsp3) is 0.286. The molecule has 0 aromatic heterocycles. The van der Waals surface area contributed by atoms with Crippen LogP contribution in [0, 0.1) is 0 Å². The fourth-order valence-electron chi connectivity index (χ4n) is 2.75. The van der Waals surface area contributed by atoms with E-state index in [4.69, 9.17) is 55.8 Å². The van der Waals surface area contributed by atoms with Gasteiger partial charge in [0.25, 0.3) is 0 Å². The summed E-state index contributed by atoms with van der Waals surface area (Å²) in [5, 5.41) is 2.45. The number of oxime groups is 1. The summed E-state index contributed by atoms with van der Waals surface area (Å²) in [5.74, 6) is -4.50. The number of benzene rings is 2. The van der Waals surface area contributed by atoms with Crippen molar-refractivity contribution < 1.29 is 45.5 Å². The summed E-state index contributed by atoms with van der Waals surface area (Å²) >= 11 is 17.6. The van der Waals surface area contributed by atoms with Crippen molar-refractivity contribution in [2.24, 2.45) is 16.6 Å². The van der Waals surface area contributed by atoms with Crippen LogP contribution in [0.4, 0.5) is 13.2 Å². The summed E-state index contributed by atoms with van der Waals surface area (Å²) in [5.41, 5.74) is 10.5. The standard InChI is InChI=1S/C21H20Cl3F3N4O7S/c22-13-6-7-15(17(24)16(13)23)39(34,35)31-14(18(32)38-19(33)21(25,26)27)10-11-2-4-12(5-3-11)36-8-1-9-37-30-20(28)29/h2-7,14,31H,1,8-10H2,(H4,28,29,30)/t14-/m0/s1. The van der Waals surface area contributed by atoms with Crippen LogP contribution in [0.15, 0.2) is 46.4 Å². The first-order valence-electron chi connectivity index (χ1n) is 10.5. The number of ether oxygens (including phenoxy) is 2. The van der Waals surface area contributed by atoms with E-state index >= 15 is 0 Å². The summed E-state index contributed by atoms with van der Waals surface area (Å²) in [6, 6.07) is 5.84. The molecule has 0 saturated heterocycles. The van der Waals surface area contributed by atoms with Gasteiger partial charge in [0, 0.05) is 6.42 Å². The van der Waals surface area contributed by atoms with Crippen LogP contribution >= 0.6 is 34.8 Å². The molecule has 2 rings (SSSR count). The number of hydrogen-bond donors (Lipinski definition) is 3. The third kappa shape index (κ3) is 9.93. The van der Waals surface area contributed by atoms with E-state index in [0.29, 0.717) is 12.2 Å². The molecule has 0 aliphatic heterocycles. The predicted octanol–water partition coefficient (Wildman–Crippen LogP) is 3.14. The fourth-order valence-corrected chi connectivity index (χ4v) is 4.91. The number of nitrogens with one attached hydrogen (secondary N) is 1. The maximum atomic E-state index is 12.9. The number of sulfonamides is 1. The summed E-state index contributed by atoms with van der Waals surface area (Å²) in [7, 11) is -4.68. The highest BCUT2D eigenvalue weighted by Crippen LogP contribution is 2.35. The first-order chi connectivity index (χ1) is 18.1. The van der Waals surface area contributed by atoms with E-state index in [0.717, 1.165) is 12.1 Å². The number of alkyl halides is 3. The zero-order valence-electron chi connectivity index (χ0n) is 19.5. The molecule has 0 fully saturated rings. The van der Waals surface area contributed by atoms with Crippen molar-refractivity contribution >= 4 is 62.7 Å². The lowest BCUT2D eigenvalue weighted by Gasteiger charge is -2.19. The van der Waals surface area contributed by atoms with Crippen LogP contribution in [0.1, 0.15) is 12.0 Å². The van der Waals surface area contributed by atoms with Gasteiger partial charge in [0.05, 0.1) is 21.7 Å². The van der Waals surface area contributed by atoms with Gasteiger partial charge in [-0.1, -0.05) is 46.9 Å². The Kier molecular flexibility index (Phi) is 11.5. The Labute approximate surface area is 235 Å². The second-order valence-electron chi connectivity index (χ2n) is 7.45. The van der Waals surface area contributed by atoms with Crippen molar-refractivity contribution in [2.45, 2.75) is 30.0 Å². The monoisotopic (exact) mass is 634 g/mol. The minimum absolute atomic E-state index is 0.0732. The van der Waals surface area contributed by atoms with Gasteiger partial charge in [-0.2, -0.15) is 17.9 Å². The van der Waals surface area contributed by atoms with Gasteiger partial charge in [-0.05, 0) is 41.4 Å². The smallest absolute Gasteiger partial charge is 0.491 e. The summed E-state index contributed by atoms with van der Waals surface area (Å²) in [6.45, 7) is 0.372. The molecule has 0 radical (unpaired) electrons. The van der Waals surface area contributed by atoms with Crippen LogP contribution in [0.5, 0.6) is 5.75 Å². The number of carbonyl (C=O) groups excluding carboxylic acids is 2. The quantitative estimate of drug-likeness (QED) is 0.0602. The molecule has 18 heteroatoms. The Morgan fingerprint density at radius 2 is 1.64 bits per heavy atom. The Hall–Kier alpha value is -2.98. The van der Waals surface area contributed by atoms with Crippen LogP contribution in [0.2, 0.25) is 15.1 Å². The maximum absolute atomic E-state index is 12.9. The molecule has 0 heterocycles. The van der Waals surface area contributed by atoms with Crippen molar-refractivity contribution in [3.8, 4) is 5.75 Å². The average Bonchev–Trinajstić information content (AvgIpc) is 2.84. The van der Waals surface area contributed by atoms with Gasteiger partial charge in [0.1, 0.15) is 23.3 Å². The summed E-state index contributed by atoms with van der Waals surface area (Å²) in [4.78, 5) is 27.8. The number of guanidine groups is 1. The number of esters is 2. The normalized spacial score (nSPS) is 12.4. The molecule has 5 N–H and O–H groups in total. The molecule has 39 heavy (non-hydrogen) atoms. The topological polar surface area (TPSA) is 172 Å². The number of rotatable bonds is 12. The highest BCUT2D eigenvalue weighted by Gasteiger charge is 2.44. The first-order valence-corrected chi connectivity index (χ1v) is 13.1. The third-order valence-corrected chi connectivity index (χ3v) is 7.40. The van der Waals surface area contributed by atoms with E-state index < -0.39 is 50.5 Å². The summed E-state index contributed by atoms with van der Waals surface area (Å²) in [6.07, 6.45) is -5.60. The number of nitrogens with two attached hydrogens (primary N) is 2. The van der Waals surface area contributed by atoms with Gasteiger partial charge in [-0.25, -0.2) is 18.0 Å². The van der Waals surface area contributed by atoms with Gasteiger partial charge in [0.2, 0.25) is 16.0 Å².